The molecule has 0 radical (unpaired) electrons. The molecule has 0 aliphatic rings. The Morgan fingerprint density at radius 3 is 2.54 bits per heavy atom. The van der Waals surface area contributed by atoms with Crippen LogP contribution in [0.4, 0.5) is 0 Å². The lowest BCUT2D eigenvalue weighted by molar-refractivity contribution is 1.11. The normalized spacial score (nSPS) is 13.2. The van der Waals surface area contributed by atoms with Gasteiger partial charge in [0.05, 0.1) is 0 Å². The first-order chi connectivity index (χ1) is 6.13. The molecule has 0 saturated carbocycles. The van der Waals surface area contributed by atoms with Crippen molar-refractivity contribution in [1.82, 2.24) is 0 Å². The highest BCUT2D eigenvalue weighted by atomic mass is 32.2. The molecule has 0 atom stereocenters. The molecule has 0 aromatic rings. The zero-order chi connectivity index (χ0) is 10.3. The average molecular weight is 197 g/mol. The molecule has 0 spiro atoms. The molecule has 0 fully saturated rings. The molecule has 0 aliphatic heterocycles. The van der Waals surface area contributed by atoms with Crippen LogP contribution in [-0.4, -0.2) is 12.0 Å². The first-order valence-electron chi connectivity index (χ1n) is 4.61. The fraction of sp³-hybridized carbons (Fsp3) is 0.545. The molecular weight excluding hydrogens is 178 g/mol. The lowest BCUT2D eigenvalue weighted by Crippen LogP contribution is -1.85. The summed E-state index contributed by atoms with van der Waals surface area (Å²) >= 11 is 1.81. The molecule has 0 aromatic heterocycles. The Hall–Kier alpha value is -0.500. The highest BCUT2D eigenvalue weighted by Crippen LogP contribution is 2.24. The summed E-state index contributed by atoms with van der Waals surface area (Å²) < 4.78 is 0. The standard InChI is InChI=1S/C11H19NS/c1-6-8-13-11(5)9(3)10(4)12-7-2/h7H,5-6,8H2,1-4H3/b10-9-,12-7?. The molecule has 2 heteroatoms. The molecule has 74 valence electrons. The van der Waals surface area contributed by atoms with Gasteiger partial charge in [-0.15, -0.1) is 11.8 Å². The SMILES string of the molecule is C=C(SCCC)/C(C)=C(/C)N=CC. The van der Waals surface area contributed by atoms with Gasteiger partial charge in [-0.25, -0.2) is 0 Å². The molecule has 0 aromatic carbocycles. The second-order valence-electron chi connectivity index (χ2n) is 2.87. The van der Waals surface area contributed by atoms with Crippen LogP contribution in [0.3, 0.4) is 0 Å². The molecule has 0 amide bonds. The highest BCUT2D eigenvalue weighted by molar-refractivity contribution is 8.03. The Kier molecular flexibility index (Phi) is 6.69. The first kappa shape index (κ1) is 12.5. The molecule has 0 aliphatic carbocycles. The van der Waals surface area contributed by atoms with E-state index in [1.807, 2.05) is 31.8 Å². The Morgan fingerprint density at radius 2 is 2.08 bits per heavy atom. The largest absolute Gasteiger partial charge is 0.266 e. The van der Waals surface area contributed by atoms with Crippen molar-refractivity contribution in [3.63, 3.8) is 0 Å². The lowest BCUT2D eigenvalue weighted by Gasteiger charge is -2.06. The minimum absolute atomic E-state index is 1.07. The lowest BCUT2D eigenvalue weighted by atomic mass is 10.2. The van der Waals surface area contributed by atoms with Crippen molar-refractivity contribution in [1.29, 1.82) is 0 Å². The number of thioether (sulfide) groups is 1. The van der Waals surface area contributed by atoms with Crippen molar-refractivity contribution in [2.45, 2.75) is 34.1 Å². The van der Waals surface area contributed by atoms with Gasteiger partial charge < -0.3 is 0 Å². The molecule has 0 heterocycles. The first-order valence-corrected chi connectivity index (χ1v) is 5.60. The number of allylic oxidation sites excluding steroid dienone is 2. The van der Waals surface area contributed by atoms with Crippen LogP contribution in [-0.2, 0) is 0 Å². The molecule has 0 unspecified atom stereocenters. The zero-order valence-corrected chi connectivity index (χ0v) is 9.87. The summed E-state index contributed by atoms with van der Waals surface area (Å²) in [5, 5.41) is 0. The fourth-order valence-corrected chi connectivity index (χ4v) is 1.64. The van der Waals surface area contributed by atoms with Crippen molar-refractivity contribution in [3.05, 3.63) is 22.8 Å². The van der Waals surface area contributed by atoms with E-state index < -0.39 is 0 Å². The van der Waals surface area contributed by atoms with Crippen LogP contribution in [0, 0.1) is 0 Å². The number of aliphatic imine (C=N–C) groups is 1. The summed E-state index contributed by atoms with van der Waals surface area (Å²) in [6.07, 6.45) is 3.00. The van der Waals surface area contributed by atoms with E-state index >= 15 is 0 Å². The van der Waals surface area contributed by atoms with Crippen LogP contribution in [0.5, 0.6) is 0 Å². The summed E-state index contributed by atoms with van der Waals surface area (Å²) in [4.78, 5) is 5.38. The maximum absolute atomic E-state index is 4.23. The predicted octanol–water partition coefficient (Wildman–Crippen LogP) is 4.03. The smallest absolute Gasteiger partial charge is 0.0408 e. The Labute approximate surface area is 86.0 Å². The van der Waals surface area contributed by atoms with E-state index in [4.69, 9.17) is 0 Å². The van der Waals surface area contributed by atoms with Crippen molar-refractivity contribution >= 4 is 18.0 Å². The summed E-state index contributed by atoms with van der Waals surface area (Å²) in [5.74, 6) is 1.14. The van der Waals surface area contributed by atoms with Gasteiger partial charge in [0.15, 0.2) is 0 Å². The van der Waals surface area contributed by atoms with Gasteiger partial charge in [0, 0.05) is 16.8 Å². The van der Waals surface area contributed by atoms with Crippen molar-refractivity contribution < 1.29 is 0 Å². The van der Waals surface area contributed by atoms with E-state index in [1.54, 1.807) is 0 Å². The van der Waals surface area contributed by atoms with Crippen LogP contribution in [0.1, 0.15) is 34.1 Å². The van der Waals surface area contributed by atoms with E-state index in [1.165, 1.54) is 12.0 Å². The van der Waals surface area contributed by atoms with E-state index in [0.29, 0.717) is 0 Å². The van der Waals surface area contributed by atoms with E-state index in [0.717, 1.165) is 16.4 Å². The average Bonchev–Trinajstić information content (AvgIpc) is 2.13. The van der Waals surface area contributed by atoms with Crippen LogP contribution in [0.25, 0.3) is 0 Å². The topological polar surface area (TPSA) is 12.4 Å². The molecule has 13 heavy (non-hydrogen) atoms. The van der Waals surface area contributed by atoms with Crippen molar-refractivity contribution in [2.75, 3.05) is 5.75 Å². The van der Waals surface area contributed by atoms with Crippen LogP contribution in [0.2, 0.25) is 0 Å². The summed E-state index contributed by atoms with van der Waals surface area (Å²) in [6, 6.07) is 0. The number of hydrogen-bond donors (Lipinski definition) is 0. The van der Waals surface area contributed by atoms with Crippen molar-refractivity contribution in [3.8, 4) is 0 Å². The van der Waals surface area contributed by atoms with E-state index in [9.17, 15) is 0 Å². The fourth-order valence-electron chi connectivity index (χ4n) is 0.826. The van der Waals surface area contributed by atoms with Gasteiger partial charge >= 0.3 is 0 Å². The van der Waals surface area contributed by atoms with Crippen LogP contribution >= 0.6 is 11.8 Å². The van der Waals surface area contributed by atoms with Crippen LogP contribution in [0.15, 0.2) is 27.7 Å². The van der Waals surface area contributed by atoms with E-state index in [2.05, 4.69) is 25.4 Å². The summed E-state index contributed by atoms with van der Waals surface area (Å²) in [5.41, 5.74) is 2.27. The Bertz CT molecular complexity index is 226. The molecule has 0 rings (SSSR count). The molecular formula is C11H19NS. The number of hydrogen-bond acceptors (Lipinski definition) is 2. The third kappa shape index (κ3) is 4.94. The van der Waals surface area contributed by atoms with Gasteiger partial charge in [0.25, 0.3) is 0 Å². The van der Waals surface area contributed by atoms with Gasteiger partial charge in [0.1, 0.15) is 0 Å². The van der Waals surface area contributed by atoms with Gasteiger partial charge in [-0.3, -0.25) is 4.99 Å². The minimum atomic E-state index is 1.07. The highest BCUT2D eigenvalue weighted by Gasteiger charge is 2.00. The Balaban J connectivity index is 4.30. The molecule has 0 N–H and O–H groups in total. The second kappa shape index (κ2) is 6.96. The minimum Gasteiger partial charge on any atom is -0.266 e. The summed E-state index contributed by atoms with van der Waals surface area (Å²) in [6.45, 7) is 12.2. The molecule has 0 bridgehead atoms. The molecule has 1 nitrogen and oxygen atoms in total. The van der Waals surface area contributed by atoms with Gasteiger partial charge in [-0.05, 0) is 38.5 Å². The third-order valence-corrected chi connectivity index (χ3v) is 3.03. The second-order valence-corrected chi connectivity index (χ2v) is 4.06. The van der Waals surface area contributed by atoms with Crippen LogP contribution < -0.4 is 0 Å². The number of nitrogens with zero attached hydrogens (tertiary/aromatic N) is 1. The van der Waals surface area contributed by atoms with Crippen molar-refractivity contribution in [2.24, 2.45) is 4.99 Å². The molecule has 0 saturated heterocycles. The van der Waals surface area contributed by atoms with Gasteiger partial charge in [-0.2, -0.15) is 0 Å². The quantitative estimate of drug-likeness (QED) is 0.479. The maximum atomic E-state index is 4.23. The predicted molar refractivity (Wildman–Crippen MR) is 64.4 cm³/mol. The maximum Gasteiger partial charge on any atom is 0.0408 e. The van der Waals surface area contributed by atoms with Gasteiger partial charge in [-0.1, -0.05) is 13.5 Å². The van der Waals surface area contributed by atoms with Gasteiger partial charge in [0.2, 0.25) is 0 Å². The summed E-state index contributed by atoms with van der Waals surface area (Å²) in [7, 11) is 0. The van der Waals surface area contributed by atoms with E-state index in [-0.39, 0.29) is 0 Å². The Morgan fingerprint density at radius 1 is 1.46 bits per heavy atom. The number of rotatable bonds is 5. The third-order valence-electron chi connectivity index (χ3n) is 1.76. The monoisotopic (exact) mass is 197 g/mol. The zero-order valence-electron chi connectivity index (χ0n) is 9.05.